The summed E-state index contributed by atoms with van der Waals surface area (Å²) in [7, 11) is -1.67. The van der Waals surface area contributed by atoms with Crippen LogP contribution in [0.25, 0.3) is 0 Å². The lowest BCUT2D eigenvalue weighted by Crippen LogP contribution is -2.34. The summed E-state index contributed by atoms with van der Waals surface area (Å²) in [6.45, 7) is 0.424. The van der Waals surface area contributed by atoms with Gasteiger partial charge in [-0.2, -0.15) is 0 Å². The quantitative estimate of drug-likeness (QED) is 0.701. The summed E-state index contributed by atoms with van der Waals surface area (Å²) < 4.78 is 14.7. The van der Waals surface area contributed by atoms with Crippen molar-refractivity contribution in [3.63, 3.8) is 0 Å². The molecule has 2 aromatic rings. The van der Waals surface area contributed by atoms with E-state index in [9.17, 15) is 4.39 Å². The molecule has 0 atom stereocenters. The van der Waals surface area contributed by atoms with Crippen LogP contribution in [0.1, 0.15) is 5.56 Å². The molecule has 0 saturated heterocycles. The molecule has 4 nitrogen and oxygen atoms in total. The average molecular weight is 220 g/mol. The predicted molar refractivity (Wildman–Crippen MR) is 57.6 cm³/mol. The van der Waals surface area contributed by atoms with Crippen molar-refractivity contribution >= 4 is 12.6 Å². The Balaban J connectivity index is 2.33. The molecule has 1 aromatic heterocycles. The second kappa shape index (κ2) is 4.46. The summed E-state index contributed by atoms with van der Waals surface area (Å²) in [5.74, 6) is -0.488. The minimum Gasteiger partial charge on any atom is -0.423 e. The van der Waals surface area contributed by atoms with Gasteiger partial charge < -0.3 is 14.6 Å². The molecule has 0 fully saturated rings. The molecule has 0 aliphatic heterocycles. The Morgan fingerprint density at radius 2 is 2.19 bits per heavy atom. The average Bonchev–Trinajstić information content (AvgIpc) is 2.73. The Bertz CT molecular complexity index is 474. The van der Waals surface area contributed by atoms with Gasteiger partial charge in [-0.15, -0.1) is 0 Å². The van der Waals surface area contributed by atoms with E-state index in [1.807, 2.05) is 0 Å². The second-order valence-corrected chi connectivity index (χ2v) is 3.45. The maximum Gasteiger partial charge on any atom is 0.488 e. The third-order valence-electron chi connectivity index (χ3n) is 2.30. The van der Waals surface area contributed by atoms with Crippen molar-refractivity contribution in [2.24, 2.45) is 0 Å². The lowest BCUT2D eigenvalue weighted by molar-refractivity contribution is 0.425. The highest BCUT2D eigenvalue weighted by atomic mass is 19.1. The molecule has 0 bridgehead atoms. The fraction of sp³-hybridized carbons (Fsp3) is 0.100. The van der Waals surface area contributed by atoms with E-state index in [1.165, 1.54) is 12.1 Å². The number of halogens is 1. The van der Waals surface area contributed by atoms with Gasteiger partial charge in [-0.05, 0) is 23.2 Å². The van der Waals surface area contributed by atoms with Gasteiger partial charge in [0.15, 0.2) is 0 Å². The van der Waals surface area contributed by atoms with Crippen molar-refractivity contribution in [2.75, 3.05) is 0 Å². The molecular weight excluding hydrogens is 210 g/mol. The second-order valence-electron chi connectivity index (χ2n) is 3.45. The van der Waals surface area contributed by atoms with Crippen LogP contribution in [0.15, 0.2) is 36.9 Å². The number of hydrogen-bond acceptors (Lipinski definition) is 3. The molecule has 2 rings (SSSR count). The van der Waals surface area contributed by atoms with Crippen LogP contribution >= 0.6 is 0 Å². The normalized spacial score (nSPS) is 10.4. The van der Waals surface area contributed by atoms with Crippen LogP contribution < -0.4 is 5.46 Å². The van der Waals surface area contributed by atoms with Gasteiger partial charge in [-0.3, -0.25) is 0 Å². The van der Waals surface area contributed by atoms with Crippen molar-refractivity contribution in [1.29, 1.82) is 0 Å². The van der Waals surface area contributed by atoms with Crippen molar-refractivity contribution < 1.29 is 14.4 Å². The minimum atomic E-state index is -1.67. The molecule has 1 heterocycles. The molecule has 1 aromatic carbocycles. The number of aromatic nitrogens is 2. The molecule has 2 N–H and O–H groups in total. The van der Waals surface area contributed by atoms with Gasteiger partial charge >= 0.3 is 7.12 Å². The maximum atomic E-state index is 12.9. The summed E-state index contributed by atoms with van der Waals surface area (Å²) in [6, 6.07) is 3.94. The summed E-state index contributed by atoms with van der Waals surface area (Å²) in [5, 5.41) is 18.2. The number of hydrogen-bond donors (Lipinski definition) is 2. The van der Waals surface area contributed by atoms with Crippen LogP contribution in [0.3, 0.4) is 0 Å². The van der Waals surface area contributed by atoms with Crippen LogP contribution in [0.4, 0.5) is 4.39 Å². The SMILES string of the molecule is OB(O)c1cc(F)ccc1Cn1ccnc1. The van der Waals surface area contributed by atoms with Gasteiger partial charge in [-0.1, -0.05) is 6.07 Å². The van der Waals surface area contributed by atoms with Crippen molar-refractivity contribution in [3.05, 3.63) is 48.3 Å². The van der Waals surface area contributed by atoms with E-state index >= 15 is 0 Å². The molecule has 0 saturated carbocycles. The van der Waals surface area contributed by atoms with Crippen molar-refractivity contribution in [2.45, 2.75) is 6.54 Å². The first-order valence-corrected chi connectivity index (χ1v) is 4.77. The first-order chi connectivity index (χ1) is 7.66. The van der Waals surface area contributed by atoms with Gasteiger partial charge in [0.05, 0.1) is 6.33 Å². The molecule has 0 aliphatic carbocycles. The fourth-order valence-corrected chi connectivity index (χ4v) is 1.53. The van der Waals surface area contributed by atoms with Crippen LogP contribution in [-0.2, 0) is 6.54 Å². The monoisotopic (exact) mass is 220 g/mol. The molecule has 0 radical (unpaired) electrons. The van der Waals surface area contributed by atoms with Crippen LogP contribution in [0, 0.1) is 5.82 Å². The van der Waals surface area contributed by atoms with E-state index in [4.69, 9.17) is 10.0 Å². The number of nitrogens with zero attached hydrogens (tertiary/aromatic N) is 2. The topological polar surface area (TPSA) is 58.3 Å². The Morgan fingerprint density at radius 3 is 2.81 bits per heavy atom. The maximum absolute atomic E-state index is 12.9. The zero-order chi connectivity index (χ0) is 11.5. The van der Waals surface area contributed by atoms with Crippen LogP contribution in [0.2, 0.25) is 0 Å². The molecule has 16 heavy (non-hydrogen) atoms. The van der Waals surface area contributed by atoms with Gasteiger partial charge in [-0.25, -0.2) is 9.37 Å². The molecule has 6 heteroatoms. The predicted octanol–water partition coefficient (Wildman–Crippen LogP) is -0.250. The zero-order valence-corrected chi connectivity index (χ0v) is 8.42. The fourth-order valence-electron chi connectivity index (χ4n) is 1.53. The number of rotatable bonds is 3. The molecule has 0 amide bonds. The Labute approximate surface area is 92.1 Å². The lowest BCUT2D eigenvalue weighted by Gasteiger charge is -2.09. The summed E-state index contributed by atoms with van der Waals surface area (Å²) >= 11 is 0. The number of benzene rings is 1. The molecule has 0 aliphatic rings. The third kappa shape index (κ3) is 2.29. The van der Waals surface area contributed by atoms with Gasteiger partial charge in [0.2, 0.25) is 0 Å². The highest BCUT2D eigenvalue weighted by Crippen LogP contribution is 2.04. The van der Waals surface area contributed by atoms with Gasteiger partial charge in [0.25, 0.3) is 0 Å². The van der Waals surface area contributed by atoms with E-state index in [1.54, 1.807) is 23.3 Å². The third-order valence-corrected chi connectivity index (χ3v) is 2.30. The molecule has 82 valence electrons. The first-order valence-electron chi connectivity index (χ1n) is 4.77. The van der Waals surface area contributed by atoms with E-state index < -0.39 is 12.9 Å². The Kier molecular flexibility index (Phi) is 3.03. The van der Waals surface area contributed by atoms with Gasteiger partial charge in [0.1, 0.15) is 5.82 Å². The van der Waals surface area contributed by atoms with Crippen LogP contribution in [0.5, 0.6) is 0 Å². The van der Waals surface area contributed by atoms with Crippen molar-refractivity contribution in [3.8, 4) is 0 Å². The molecular formula is C10H10BFN2O2. The van der Waals surface area contributed by atoms with Gasteiger partial charge in [0, 0.05) is 18.9 Å². The molecule has 0 unspecified atom stereocenters. The van der Waals surface area contributed by atoms with E-state index in [-0.39, 0.29) is 5.46 Å². The smallest absolute Gasteiger partial charge is 0.423 e. The largest absolute Gasteiger partial charge is 0.488 e. The summed E-state index contributed by atoms with van der Waals surface area (Å²) in [6.07, 6.45) is 4.98. The van der Waals surface area contributed by atoms with E-state index in [2.05, 4.69) is 4.98 Å². The highest BCUT2D eigenvalue weighted by Gasteiger charge is 2.16. The van der Waals surface area contributed by atoms with Crippen LogP contribution in [-0.4, -0.2) is 26.7 Å². The van der Waals surface area contributed by atoms with E-state index in [0.717, 1.165) is 6.07 Å². The van der Waals surface area contributed by atoms with Crippen molar-refractivity contribution in [1.82, 2.24) is 9.55 Å². The summed E-state index contributed by atoms with van der Waals surface area (Å²) in [4.78, 5) is 3.87. The minimum absolute atomic E-state index is 0.175. The first kappa shape index (κ1) is 10.8. The zero-order valence-electron chi connectivity index (χ0n) is 8.42. The Morgan fingerprint density at radius 1 is 1.38 bits per heavy atom. The van der Waals surface area contributed by atoms with E-state index in [0.29, 0.717) is 12.1 Å². The number of imidazole rings is 1. The standard InChI is InChI=1S/C10H10BFN2O2/c12-9-2-1-8(10(5-9)11(15)16)6-14-4-3-13-7-14/h1-5,7,15-16H,6H2. The molecule has 0 spiro atoms. The lowest BCUT2D eigenvalue weighted by atomic mass is 9.77. The highest BCUT2D eigenvalue weighted by molar-refractivity contribution is 6.59. The summed E-state index contributed by atoms with van der Waals surface area (Å²) in [5.41, 5.74) is 0.822. The Hall–Kier alpha value is -1.66.